The monoisotopic (exact) mass is 416 g/mol. The van der Waals surface area contributed by atoms with Crippen LogP contribution < -0.4 is 11.5 Å². The fourth-order valence-corrected chi connectivity index (χ4v) is 4.54. The SMILES string of the molecule is NC(=O)C1=C(O)[C@@]2(O)C(=O)C3=C(O)c4c(O)ccc(N)c4C(=O)[C@H]3[C@H](O)[C@H]2CC1=O. The lowest BCUT2D eigenvalue weighted by Gasteiger charge is -2.48. The summed E-state index contributed by atoms with van der Waals surface area (Å²) in [6, 6.07) is 2.26. The predicted octanol–water partition coefficient (Wildman–Crippen LogP) is -1.38. The summed E-state index contributed by atoms with van der Waals surface area (Å²) in [5.41, 5.74) is 5.11. The van der Waals surface area contributed by atoms with Crippen molar-refractivity contribution in [1.29, 1.82) is 0 Å². The molecule has 0 heterocycles. The van der Waals surface area contributed by atoms with E-state index in [4.69, 9.17) is 11.5 Å². The number of primary amides is 1. The summed E-state index contributed by atoms with van der Waals surface area (Å²) in [6.07, 6.45) is -2.70. The number of ketones is 3. The minimum absolute atomic E-state index is 0.141. The number of aliphatic hydroxyl groups is 4. The summed E-state index contributed by atoms with van der Waals surface area (Å²) in [5.74, 6) is -11.1. The fourth-order valence-electron chi connectivity index (χ4n) is 4.54. The van der Waals surface area contributed by atoms with Gasteiger partial charge >= 0.3 is 0 Å². The maximum atomic E-state index is 13.2. The molecule has 11 nitrogen and oxygen atoms in total. The molecule has 0 saturated heterocycles. The number of amides is 1. The molecule has 156 valence electrons. The highest BCUT2D eigenvalue weighted by atomic mass is 16.4. The van der Waals surface area contributed by atoms with Crippen LogP contribution in [0.5, 0.6) is 5.75 Å². The first-order chi connectivity index (χ1) is 13.9. The average Bonchev–Trinajstić information content (AvgIpc) is 2.66. The van der Waals surface area contributed by atoms with Gasteiger partial charge in [0.2, 0.25) is 5.78 Å². The third kappa shape index (κ3) is 2.10. The molecule has 0 spiro atoms. The minimum atomic E-state index is -2.99. The molecule has 3 aliphatic rings. The molecule has 4 atom stereocenters. The number of carbonyl (C=O) groups is 4. The standard InChI is InChI=1S/C19H16N2O9/c20-5-1-2-6(22)9-8(5)14(25)11-12(15(9)26)17(28)19(30)4(13(11)24)3-7(23)10(16(19)27)18(21)29/h1-2,4,11,13,22,24,26-27,30H,3,20H2,(H2,21,29)/t4-,11-,13-,19-/m1/s1. The van der Waals surface area contributed by atoms with Gasteiger partial charge in [0, 0.05) is 18.0 Å². The smallest absolute Gasteiger partial charge is 0.255 e. The molecular weight excluding hydrogens is 400 g/mol. The molecule has 0 unspecified atom stereocenters. The molecule has 1 amide bonds. The number of aliphatic hydroxyl groups excluding tert-OH is 3. The van der Waals surface area contributed by atoms with Gasteiger partial charge in [-0.2, -0.15) is 0 Å². The van der Waals surface area contributed by atoms with Crippen LogP contribution in [0.3, 0.4) is 0 Å². The van der Waals surface area contributed by atoms with Gasteiger partial charge in [-0.15, -0.1) is 0 Å². The van der Waals surface area contributed by atoms with E-state index in [9.17, 15) is 44.7 Å². The molecule has 1 fully saturated rings. The van der Waals surface area contributed by atoms with Crippen molar-refractivity contribution in [3.63, 3.8) is 0 Å². The number of benzene rings is 1. The Morgan fingerprint density at radius 3 is 2.33 bits per heavy atom. The van der Waals surface area contributed by atoms with E-state index in [1.54, 1.807) is 0 Å². The number of nitrogens with two attached hydrogens (primary N) is 2. The Morgan fingerprint density at radius 2 is 1.73 bits per heavy atom. The van der Waals surface area contributed by atoms with E-state index in [-0.39, 0.29) is 11.3 Å². The van der Waals surface area contributed by atoms with Gasteiger partial charge < -0.3 is 37.0 Å². The maximum Gasteiger partial charge on any atom is 0.255 e. The Labute approximate surface area is 167 Å². The summed E-state index contributed by atoms with van der Waals surface area (Å²) in [6.45, 7) is 0. The summed E-state index contributed by atoms with van der Waals surface area (Å²) >= 11 is 0. The second-order valence-electron chi connectivity index (χ2n) is 7.44. The summed E-state index contributed by atoms with van der Waals surface area (Å²) < 4.78 is 0. The van der Waals surface area contributed by atoms with E-state index in [1.165, 1.54) is 6.07 Å². The summed E-state index contributed by atoms with van der Waals surface area (Å²) in [5, 5.41) is 53.1. The van der Waals surface area contributed by atoms with Crippen LogP contribution in [0.2, 0.25) is 0 Å². The number of rotatable bonds is 1. The van der Waals surface area contributed by atoms with Crippen molar-refractivity contribution >= 4 is 34.7 Å². The van der Waals surface area contributed by atoms with Gasteiger partial charge in [-0.25, -0.2) is 0 Å². The van der Waals surface area contributed by atoms with Crippen LogP contribution in [0.25, 0.3) is 5.76 Å². The van der Waals surface area contributed by atoms with Crippen LogP contribution in [-0.2, 0) is 14.4 Å². The van der Waals surface area contributed by atoms with E-state index >= 15 is 0 Å². The van der Waals surface area contributed by atoms with Gasteiger partial charge in [0.25, 0.3) is 5.91 Å². The predicted molar refractivity (Wildman–Crippen MR) is 97.8 cm³/mol. The number of carbonyl (C=O) groups excluding carboxylic acids is 4. The van der Waals surface area contributed by atoms with Gasteiger partial charge in [-0.05, 0) is 12.1 Å². The highest BCUT2D eigenvalue weighted by molar-refractivity contribution is 6.25. The Bertz CT molecular complexity index is 1150. The molecule has 0 aromatic heterocycles. The van der Waals surface area contributed by atoms with Gasteiger partial charge in [0.15, 0.2) is 17.2 Å². The number of phenols is 1. The number of fused-ring (bicyclic) bond motifs is 3. The first kappa shape index (κ1) is 19.6. The molecule has 1 saturated carbocycles. The molecular formula is C19H16N2O9. The van der Waals surface area contributed by atoms with Crippen molar-refractivity contribution in [2.45, 2.75) is 18.1 Å². The molecule has 3 aliphatic carbocycles. The zero-order valence-electron chi connectivity index (χ0n) is 15.1. The quantitative estimate of drug-likeness (QED) is 0.161. The largest absolute Gasteiger partial charge is 0.508 e. The first-order valence-electron chi connectivity index (χ1n) is 8.75. The van der Waals surface area contributed by atoms with E-state index in [0.29, 0.717) is 0 Å². The van der Waals surface area contributed by atoms with Gasteiger partial charge in [-0.3, -0.25) is 19.2 Å². The molecule has 11 heteroatoms. The van der Waals surface area contributed by atoms with Crippen LogP contribution in [0.1, 0.15) is 22.3 Å². The lowest BCUT2D eigenvalue weighted by molar-refractivity contribution is -0.158. The third-order valence-electron chi connectivity index (χ3n) is 5.96. The van der Waals surface area contributed by atoms with Crippen LogP contribution in [-0.4, -0.2) is 60.5 Å². The van der Waals surface area contributed by atoms with E-state index in [1.807, 2.05) is 0 Å². The number of hydrogen-bond acceptors (Lipinski definition) is 10. The molecule has 0 bridgehead atoms. The van der Waals surface area contributed by atoms with Crippen LogP contribution in [0.4, 0.5) is 5.69 Å². The van der Waals surface area contributed by atoms with Crippen molar-refractivity contribution in [3.8, 4) is 5.75 Å². The van der Waals surface area contributed by atoms with E-state index < -0.39 is 87.2 Å². The molecule has 4 rings (SSSR count). The summed E-state index contributed by atoms with van der Waals surface area (Å²) in [4.78, 5) is 50.1. The van der Waals surface area contributed by atoms with Crippen molar-refractivity contribution in [2.24, 2.45) is 17.6 Å². The van der Waals surface area contributed by atoms with Gasteiger partial charge in [0.05, 0.1) is 28.7 Å². The Morgan fingerprint density at radius 1 is 1.10 bits per heavy atom. The molecule has 1 aromatic carbocycles. The number of anilines is 1. The molecule has 0 aliphatic heterocycles. The van der Waals surface area contributed by atoms with E-state index in [2.05, 4.69) is 0 Å². The number of Topliss-reactive ketones (excluding diaryl/α,β-unsaturated/α-hetero) is 3. The molecule has 1 aromatic rings. The normalized spacial score (nSPS) is 30.7. The Kier molecular flexibility index (Phi) is 3.86. The highest BCUT2D eigenvalue weighted by Gasteiger charge is 2.65. The zero-order chi connectivity index (χ0) is 22.3. The molecule has 0 radical (unpaired) electrons. The van der Waals surface area contributed by atoms with Crippen molar-refractivity contribution in [2.75, 3.05) is 5.73 Å². The Balaban J connectivity index is 2.05. The number of aromatic hydroxyl groups is 1. The lowest BCUT2D eigenvalue weighted by Crippen LogP contribution is -2.64. The second kappa shape index (κ2) is 5.90. The van der Waals surface area contributed by atoms with Crippen LogP contribution >= 0.6 is 0 Å². The highest BCUT2D eigenvalue weighted by Crippen LogP contribution is 2.52. The van der Waals surface area contributed by atoms with Crippen molar-refractivity contribution in [1.82, 2.24) is 0 Å². The lowest BCUT2D eigenvalue weighted by atomic mass is 9.57. The van der Waals surface area contributed by atoms with E-state index in [0.717, 1.165) is 6.07 Å². The minimum Gasteiger partial charge on any atom is -0.508 e. The maximum absolute atomic E-state index is 13.2. The van der Waals surface area contributed by atoms with Gasteiger partial charge in [-0.1, -0.05) is 0 Å². The third-order valence-corrected chi connectivity index (χ3v) is 5.96. The first-order valence-corrected chi connectivity index (χ1v) is 8.75. The molecule has 9 N–H and O–H groups in total. The zero-order valence-corrected chi connectivity index (χ0v) is 15.1. The number of nitrogen functional groups attached to an aromatic ring is 1. The van der Waals surface area contributed by atoms with Crippen LogP contribution in [0.15, 0.2) is 29.0 Å². The van der Waals surface area contributed by atoms with Crippen LogP contribution in [0, 0.1) is 11.8 Å². The molecule has 30 heavy (non-hydrogen) atoms. The average molecular weight is 416 g/mol. The van der Waals surface area contributed by atoms with Crippen molar-refractivity contribution < 1.29 is 44.7 Å². The second-order valence-corrected chi connectivity index (χ2v) is 7.44. The van der Waals surface area contributed by atoms with Gasteiger partial charge in [0.1, 0.15) is 22.8 Å². The number of phenolic OH excluding ortho intramolecular Hbond substituents is 1. The summed E-state index contributed by atoms with van der Waals surface area (Å²) in [7, 11) is 0. The fraction of sp³-hybridized carbons (Fsp3) is 0.263. The van der Waals surface area contributed by atoms with Crippen molar-refractivity contribution in [3.05, 3.63) is 40.2 Å². The Hall–Kier alpha value is -3.70. The number of hydrogen-bond donors (Lipinski definition) is 7. The topological polar surface area (TPSA) is 221 Å².